The van der Waals surface area contributed by atoms with Crippen molar-refractivity contribution in [1.82, 2.24) is 9.97 Å². The van der Waals surface area contributed by atoms with E-state index in [1.165, 1.54) is 11.2 Å². The van der Waals surface area contributed by atoms with E-state index in [1.54, 1.807) is 0 Å². The summed E-state index contributed by atoms with van der Waals surface area (Å²) in [5, 5.41) is 3.47. The van der Waals surface area contributed by atoms with Gasteiger partial charge in [0.15, 0.2) is 11.6 Å². The topological polar surface area (TPSA) is 147 Å². The largest absolute Gasteiger partial charge is 0.393 e. The van der Waals surface area contributed by atoms with Crippen molar-refractivity contribution in [2.75, 3.05) is 29.5 Å². The van der Waals surface area contributed by atoms with E-state index < -0.39 is 0 Å². The molecule has 1 aromatic rings. The highest BCUT2D eigenvalue weighted by atomic mass is 16.2. The number of carbonyl (C=O) groups is 1. The van der Waals surface area contributed by atoms with Gasteiger partial charge in [-0.25, -0.2) is 9.97 Å². The number of aromatic nitrogens is 2. The molecule has 0 aromatic carbocycles. The number of carbonyl (C=O) groups excluding carboxylic acids is 1. The molecule has 1 atom stereocenters. The molecule has 2 rings (SSSR count). The molecule has 0 bridgehead atoms. The summed E-state index contributed by atoms with van der Waals surface area (Å²) in [5.41, 5.74) is 19.8. The van der Waals surface area contributed by atoms with Crippen LogP contribution in [-0.4, -0.2) is 29.0 Å². The zero-order valence-corrected chi connectivity index (χ0v) is 9.52. The summed E-state index contributed by atoms with van der Waals surface area (Å²) in [6.07, 6.45) is 1.57. The van der Waals surface area contributed by atoms with Crippen LogP contribution in [0.3, 0.4) is 0 Å². The molecule has 0 saturated carbocycles. The third kappa shape index (κ3) is 2.11. The normalized spacial score (nSPS) is 18.8. The zero-order valence-electron chi connectivity index (χ0n) is 9.52. The number of nitrogen functional groups attached to an aromatic ring is 2. The monoisotopic (exact) mass is 248 g/mol. The molecule has 1 unspecified atom stereocenters. The Morgan fingerprint density at radius 1 is 1.56 bits per heavy atom. The second-order valence-corrected chi connectivity index (χ2v) is 3.98. The molecular weight excluding hydrogens is 236 g/mol. The van der Waals surface area contributed by atoms with Gasteiger partial charge in [0, 0.05) is 24.4 Å². The molecule has 18 heavy (non-hydrogen) atoms. The molecule has 1 saturated heterocycles. The molecule has 9 heteroatoms. The van der Waals surface area contributed by atoms with E-state index in [9.17, 15) is 4.79 Å². The minimum Gasteiger partial charge on any atom is -0.393 e. The average Bonchev–Trinajstić information content (AvgIpc) is 2.71. The van der Waals surface area contributed by atoms with Crippen LogP contribution in [0, 0.1) is 5.92 Å². The van der Waals surface area contributed by atoms with E-state index in [-0.39, 0.29) is 29.9 Å². The minimum absolute atomic E-state index is 0.0241. The number of amides is 1. The van der Waals surface area contributed by atoms with Gasteiger partial charge in [-0.15, -0.1) is 0 Å². The first kappa shape index (κ1) is 11.9. The molecule has 1 aromatic heterocycles. The average molecular weight is 248 g/mol. The van der Waals surface area contributed by atoms with Crippen molar-refractivity contribution >= 4 is 23.2 Å². The first-order valence-electron chi connectivity index (χ1n) is 5.30. The number of hydrogen-bond acceptors (Lipinski definition) is 6. The SMILES string of the molecule is [N-]=[N+]=NCC1CC(=O)N(c2ncnc(N)c2N)C1. The van der Waals surface area contributed by atoms with E-state index in [1.807, 2.05) is 0 Å². The quantitative estimate of drug-likeness (QED) is 0.448. The summed E-state index contributed by atoms with van der Waals surface area (Å²) in [4.78, 5) is 23.7. The molecule has 0 spiro atoms. The predicted molar refractivity (Wildman–Crippen MR) is 65.3 cm³/mol. The van der Waals surface area contributed by atoms with Crippen LogP contribution in [0.25, 0.3) is 10.4 Å². The third-order valence-corrected chi connectivity index (χ3v) is 2.76. The van der Waals surface area contributed by atoms with Gasteiger partial charge >= 0.3 is 0 Å². The Morgan fingerprint density at radius 3 is 3.06 bits per heavy atom. The van der Waals surface area contributed by atoms with Crippen LogP contribution in [0.15, 0.2) is 11.4 Å². The van der Waals surface area contributed by atoms with Crippen LogP contribution < -0.4 is 16.4 Å². The maximum atomic E-state index is 11.8. The van der Waals surface area contributed by atoms with Gasteiger partial charge in [-0.2, -0.15) is 0 Å². The molecule has 94 valence electrons. The van der Waals surface area contributed by atoms with Gasteiger partial charge in [-0.1, -0.05) is 5.11 Å². The van der Waals surface area contributed by atoms with Gasteiger partial charge in [-0.3, -0.25) is 9.69 Å². The number of rotatable bonds is 3. The van der Waals surface area contributed by atoms with Gasteiger partial charge in [0.05, 0.1) is 0 Å². The first-order valence-corrected chi connectivity index (χ1v) is 5.30. The number of azide groups is 1. The maximum absolute atomic E-state index is 11.8. The minimum atomic E-state index is -0.113. The summed E-state index contributed by atoms with van der Waals surface area (Å²) in [7, 11) is 0. The number of nitrogens with zero attached hydrogens (tertiary/aromatic N) is 6. The van der Waals surface area contributed by atoms with Crippen molar-refractivity contribution in [2.45, 2.75) is 6.42 Å². The summed E-state index contributed by atoms with van der Waals surface area (Å²) in [6.45, 7) is 0.692. The smallest absolute Gasteiger partial charge is 0.228 e. The van der Waals surface area contributed by atoms with Crippen molar-refractivity contribution < 1.29 is 4.79 Å². The fourth-order valence-electron chi connectivity index (χ4n) is 1.88. The Bertz CT molecular complexity index is 523. The summed E-state index contributed by atoms with van der Waals surface area (Å²) in [5.74, 6) is 0.323. The van der Waals surface area contributed by atoms with Crippen LogP contribution in [0.4, 0.5) is 17.3 Å². The Kier molecular flexibility index (Phi) is 3.16. The van der Waals surface area contributed by atoms with Crippen molar-refractivity contribution in [3.63, 3.8) is 0 Å². The molecule has 0 aliphatic carbocycles. The Labute approximate surface area is 102 Å². The number of hydrogen-bond donors (Lipinski definition) is 2. The van der Waals surface area contributed by atoms with E-state index in [4.69, 9.17) is 17.0 Å². The molecule has 2 heterocycles. The molecule has 1 aliphatic heterocycles. The van der Waals surface area contributed by atoms with E-state index >= 15 is 0 Å². The second kappa shape index (κ2) is 4.76. The molecule has 1 aliphatic rings. The van der Waals surface area contributed by atoms with Crippen molar-refractivity contribution in [3.05, 3.63) is 16.8 Å². The van der Waals surface area contributed by atoms with Gasteiger partial charge in [0.25, 0.3) is 0 Å². The number of anilines is 3. The summed E-state index contributed by atoms with van der Waals surface area (Å²) < 4.78 is 0. The van der Waals surface area contributed by atoms with Gasteiger partial charge in [-0.05, 0) is 11.4 Å². The molecule has 1 amide bonds. The molecular formula is C9H12N8O. The highest BCUT2D eigenvalue weighted by molar-refractivity contribution is 5.98. The van der Waals surface area contributed by atoms with Crippen LogP contribution in [0.2, 0.25) is 0 Å². The fraction of sp³-hybridized carbons (Fsp3) is 0.444. The molecule has 9 nitrogen and oxygen atoms in total. The zero-order chi connectivity index (χ0) is 13.1. The fourth-order valence-corrected chi connectivity index (χ4v) is 1.88. The molecule has 4 N–H and O–H groups in total. The Balaban J connectivity index is 2.21. The van der Waals surface area contributed by atoms with Crippen molar-refractivity contribution in [2.24, 2.45) is 11.0 Å². The molecule has 0 radical (unpaired) electrons. The summed E-state index contributed by atoms with van der Waals surface area (Å²) >= 11 is 0. The lowest BCUT2D eigenvalue weighted by atomic mass is 10.1. The second-order valence-electron chi connectivity index (χ2n) is 3.98. The van der Waals surface area contributed by atoms with Gasteiger partial charge in [0.2, 0.25) is 5.91 Å². The Morgan fingerprint density at radius 2 is 2.33 bits per heavy atom. The van der Waals surface area contributed by atoms with Crippen LogP contribution >= 0.6 is 0 Å². The predicted octanol–water partition coefficient (Wildman–Crippen LogP) is 0.304. The third-order valence-electron chi connectivity index (χ3n) is 2.76. The maximum Gasteiger partial charge on any atom is 0.228 e. The van der Waals surface area contributed by atoms with Gasteiger partial charge < -0.3 is 11.5 Å². The van der Waals surface area contributed by atoms with E-state index in [0.29, 0.717) is 18.8 Å². The standard InChI is InChI=1S/C9H12N8O/c10-7-8(11)13-4-14-9(7)17-3-5(1-6(17)18)2-15-16-12/h4-5H,1-3,10H2,(H2,11,13,14). The van der Waals surface area contributed by atoms with Gasteiger partial charge in [0.1, 0.15) is 12.0 Å². The van der Waals surface area contributed by atoms with Crippen LogP contribution in [-0.2, 0) is 4.79 Å². The lowest BCUT2D eigenvalue weighted by Crippen LogP contribution is -2.27. The number of nitrogens with two attached hydrogens (primary N) is 2. The Hall–Kier alpha value is -2.54. The van der Waals surface area contributed by atoms with Crippen molar-refractivity contribution in [1.29, 1.82) is 0 Å². The van der Waals surface area contributed by atoms with E-state index in [0.717, 1.165) is 0 Å². The highest BCUT2D eigenvalue weighted by Gasteiger charge is 2.32. The lowest BCUT2D eigenvalue weighted by Gasteiger charge is -2.17. The van der Waals surface area contributed by atoms with Crippen LogP contribution in [0.1, 0.15) is 6.42 Å². The molecule has 1 fully saturated rings. The summed E-state index contributed by atoms with van der Waals surface area (Å²) in [6, 6.07) is 0. The van der Waals surface area contributed by atoms with Crippen molar-refractivity contribution in [3.8, 4) is 0 Å². The highest BCUT2D eigenvalue weighted by Crippen LogP contribution is 2.29. The van der Waals surface area contributed by atoms with Crippen LogP contribution in [0.5, 0.6) is 0 Å². The first-order chi connectivity index (χ1) is 8.63. The van der Waals surface area contributed by atoms with E-state index in [2.05, 4.69) is 20.0 Å². The lowest BCUT2D eigenvalue weighted by molar-refractivity contribution is -0.117.